The first-order chi connectivity index (χ1) is 10.2. The summed E-state index contributed by atoms with van der Waals surface area (Å²) in [7, 11) is 0. The Kier molecular flexibility index (Phi) is 5.84. The molecule has 5 heteroatoms. The number of rotatable bonds is 6. The summed E-state index contributed by atoms with van der Waals surface area (Å²) in [5.74, 6) is 1.44. The molecule has 1 aliphatic rings. The van der Waals surface area contributed by atoms with Crippen molar-refractivity contribution in [2.75, 3.05) is 24.1 Å². The van der Waals surface area contributed by atoms with Gasteiger partial charge in [0.25, 0.3) is 0 Å². The van der Waals surface area contributed by atoms with Gasteiger partial charge in [-0.1, -0.05) is 19.3 Å². The quantitative estimate of drug-likeness (QED) is 0.703. The third-order valence-corrected chi connectivity index (χ3v) is 4.15. The van der Waals surface area contributed by atoms with Crippen molar-refractivity contribution >= 4 is 17.4 Å². The number of aryl methyl sites for hydroxylation is 1. The maximum absolute atomic E-state index is 11.9. The molecule has 1 aromatic rings. The number of amides is 1. The third kappa shape index (κ3) is 4.92. The number of carbonyl (C=O) groups excluding carboxylic acids is 1. The zero-order valence-corrected chi connectivity index (χ0v) is 12.8. The monoisotopic (exact) mass is 290 g/mol. The molecular weight excluding hydrogens is 264 g/mol. The highest BCUT2D eigenvalue weighted by molar-refractivity contribution is 5.76. The van der Waals surface area contributed by atoms with E-state index in [9.17, 15) is 4.79 Å². The summed E-state index contributed by atoms with van der Waals surface area (Å²) in [6.07, 6.45) is 8.69. The van der Waals surface area contributed by atoms with Crippen LogP contribution < -0.4 is 16.4 Å². The molecule has 0 aliphatic heterocycles. The predicted molar refractivity (Wildman–Crippen MR) is 86.1 cm³/mol. The van der Waals surface area contributed by atoms with Crippen molar-refractivity contribution in [3.63, 3.8) is 0 Å². The molecular formula is C16H26N4O. The maximum atomic E-state index is 11.9. The lowest BCUT2D eigenvalue weighted by molar-refractivity contribution is -0.122. The van der Waals surface area contributed by atoms with Gasteiger partial charge in [0.15, 0.2) is 0 Å². The van der Waals surface area contributed by atoms with Gasteiger partial charge in [0, 0.05) is 25.7 Å². The van der Waals surface area contributed by atoms with Gasteiger partial charge < -0.3 is 16.4 Å². The lowest BCUT2D eigenvalue weighted by Gasteiger charge is -2.20. The van der Waals surface area contributed by atoms with Crippen LogP contribution in [0.4, 0.5) is 11.5 Å². The molecule has 4 N–H and O–H groups in total. The second-order valence-corrected chi connectivity index (χ2v) is 5.88. The van der Waals surface area contributed by atoms with Crippen LogP contribution in [0.1, 0.15) is 44.1 Å². The van der Waals surface area contributed by atoms with E-state index in [0.717, 1.165) is 5.56 Å². The molecule has 1 heterocycles. The number of hydrogen-bond acceptors (Lipinski definition) is 4. The van der Waals surface area contributed by atoms with Gasteiger partial charge in [-0.3, -0.25) is 4.79 Å². The van der Waals surface area contributed by atoms with E-state index >= 15 is 0 Å². The van der Waals surface area contributed by atoms with E-state index in [2.05, 4.69) is 15.6 Å². The van der Waals surface area contributed by atoms with Gasteiger partial charge in [-0.05, 0) is 37.3 Å². The van der Waals surface area contributed by atoms with Crippen molar-refractivity contribution in [1.29, 1.82) is 0 Å². The van der Waals surface area contributed by atoms with E-state index in [1.165, 1.54) is 32.1 Å². The van der Waals surface area contributed by atoms with Gasteiger partial charge in [0.05, 0.1) is 5.69 Å². The van der Waals surface area contributed by atoms with Crippen molar-refractivity contribution in [1.82, 2.24) is 10.3 Å². The molecule has 0 unspecified atom stereocenters. The van der Waals surface area contributed by atoms with Gasteiger partial charge in [-0.15, -0.1) is 0 Å². The summed E-state index contributed by atoms with van der Waals surface area (Å²) in [6.45, 7) is 3.19. The van der Waals surface area contributed by atoms with Crippen LogP contribution in [0.5, 0.6) is 0 Å². The Labute approximate surface area is 126 Å². The Bertz CT molecular complexity index is 469. The highest BCUT2D eigenvalue weighted by Gasteiger charge is 2.16. The molecule has 21 heavy (non-hydrogen) atoms. The molecule has 2 rings (SSSR count). The Balaban J connectivity index is 1.65. The zero-order chi connectivity index (χ0) is 15.1. The SMILES string of the molecule is Cc1ccnc(NCCNC(=O)CC2CCCCC2)c1N. The summed E-state index contributed by atoms with van der Waals surface area (Å²) in [5.41, 5.74) is 7.62. The Morgan fingerprint density at radius 3 is 2.86 bits per heavy atom. The minimum Gasteiger partial charge on any atom is -0.396 e. The fourth-order valence-electron chi connectivity index (χ4n) is 2.82. The number of carbonyl (C=O) groups is 1. The molecule has 116 valence electrons. The standard InChI is InChI=1S/C16H26N4O/c1-12-7-8-19-16(15(12)17)20-10-9-18-14(21)11-13-5-3-2-4-6-13/h7-8,13H,2-6,9-11,17H2,1H3,(H,18,21)(H,19,20). The molecule has 1 aliphatic carbocycles. The number of pyridine rings is 1. The molecule has 1 amide bonds. The summed E-state index contributed by atoms with van der Waals surface area (Å²) >= 11 is 0. The molecule has 1 fully saturated rings. The van der Waals surface area contributed by atoms with Gasteiger partial charge >= 0.3 is 0 Å². The lowest BCUT2D eigenvalue weighted by atomic mass is 9.87. The van der Waals surface area contributed by atoms with Crippen LogP contribution >= 0.6 is 0 Å². The molecule has 5 nitrogen and oxygen atoms in total. The summed E-state index contributed by atoms with van der Waals surface area (Å²) in [5, 5.41) is 6.13. The minimum atomic E-state index is 0.161. The van der Waals surface area contributed by atoms with Crippen molar-refractivity contribution in [3.05, 3.63) is 17.8 Å². The highest BCUT2D eigenvalue weighted by atomic mass is 16.1. The summed E-state index contributed by atoms with van der Waals surface area (Å²) < 4.78 is 0. The molecule has 0 aromatic carbocycles. The van der Waals surface area contributed by atoms with E-state index in [1.54, 1.807) is 6.20 Å². The van der Waals surface area contributed by atoms with Crippen LogP contribution in [0.3, 0.4) is 0 Å². The average molecular weight is 290 g/mol. The molecule has 0 bridgehead atoms. The maximum Gasteiger partial charge on any atom is 0.220 e. The highest BCUT2D eigenvalue weighted by Crippen LogP contribution is 2.26. The van der Waals surface area contributed by atoms with Crippen LogP contribution in [-0.2, 0) is 4.79 Å². The molecule has 1 saturated carbocycles. The van der Waals surface area contributed by atoms with Crippen LogP contribution in [0.15, 0.2) is 12.3 Å². The van der Waals surface area contributed by atoms with Crippen LogP contribution in [0, 0.1) is 12.8 Å². The Morgan fingerprint density at radius 1 is 1.33 bits per heavy atom. The fourth-order valence-corrected chi connectivity index (χ4v) is 2.82. The zero-order valence-electron chi connectivity index (χ0n) is 12.8. The summed E-state index contributed by atoms with van der Waals surface area (Å²) in [4.78, 5) is 16.1. The number of nitrogens with one attached hydrogen (secondary N) is 2. The van der Waals surface area contributed by atoms with Crippen LogP contribution in [0.2, 0.25) is 0 Å². The van der Waals surface area contributed by atoms with Crippen molar-refractivity contribution in [3.8, 4) is 0 Å². The van der Waals surface area contributed by atoms with E-state index in [-0.39, 0.29) is 5.91 Å². The topological polar surface area (TPSA) is 80.0 Å². The second-order valence-electron chi connectivity index (χ2n) is 5.88. The van der Waals surface area contributed by atoms with Gasteiger partial charge in [0.2, 0.25) is 5.91 Å². The first-order valence-corrected chi connectivity index (χ1v) is 7.88. The van der Waals surface area contributed by atoms with E-state index in [0.29, 0.717) is 36.9 Å². The minimum absolute atomic E-state index is 0.161. The normalized spacial score (nSPS) is 15.7. The number of aromatic nitrogens is 1. The first-order valence-electron chi connectivity index (χ1n) is 7.88. The van der Waals surface area contributed by atoms with Crippen LogP contribution in [0.25, 0.3) is 0 Å². The predicted octanol–water partition coefficient (Wildman–Crippen LogP) is 2.47. The fraction of sp³-hybridized carbons (Fsp3) is 0.625. The van der Waals surface area contributed by atoms with Crippen molar-refractivity contribution in [2.24, 2.45) is 5.92 Å². The molecule has 0 spiro atoms. The molecule has 0 atom stereocenters. The number of anilines is 2. The van der Waals surface area contributed by atoms with Crippen molar-refractivity contribution in [2.45, 2.75) is 45.4 Å². The first kappa shape index (κ1) is 15.6. The Morgan fingerprint density at radius 2 is 2.10 bits per heavy atom. The average Bonchev–Trinajstić information content (AvgIpc) is 2.49. The Hall–Kier alpha value is -1.78. The second kappa shape index (κ2) is 7.86. The smallest absolute Gasteiger partial charge is 0.220 e. The van der Waals surface area contributed by atoms with E-state index < -0.39 is 0 Å². The van der Waals surface area contributed by atoms with E-state index in [1.807, 2.05) is 13.0 Å². The van der Waals surface area contributed by atoms with Gasteiger partial charge in [-0.25, -0.2) is 4.98 Å². The molecule has 1 aromatic heterocycles. The van der Waals surface area contributed by atoms with E-state index in [4.69, 9.17) is 5.73 Å². The molecule has 0 radical (unpaired) electrons. The number of nitrogen functional groups attached to an aromatic ring is 1. The number of hydrogen-bond donors (Lipinski definition) is 3. The van der Waals surface area contributed by atoms with Crippen LogP contribution in [-0.4, -0.2) is 24.0 Å². The van der Waals surface area contributed by atoms with Crippen molar-refractivity contribution < 1.29 is 4.79 Å². The summed E-state index contributed by atoms with van der Waals surface area (Å²) in [6, 6.07) is 1.88. The number of nitrogens with two attached hydrogens (primary N) is 1. The lowest BCUT2D eigenvalue weighted by Crippen LogP contribution is -2.30. The molecule has 0 saturated heterocycles. The number of nitrogens with zero attached hydrogens (tertiary/aromatic N) is 1. The third-order valence-electron chi connectivity index (χ3n) is 4.15. The van der Waals surface area contributed by atoms with Gasteiger partial charge in [0.1, 0.15) is 5.82 Å². The van der Waals surface area contributed by atoms with Gasteiger partial charge in [-0.2, -0.15) is 0 Å². The largest absolute Gasteiger partial charge is 0.396 e.